The highest BCUT2D eigenvalue weighted by atomic mass is 79.9. The van der Waals surface area contributed by atoms with Gasteiger partial charge in [-0.25, -0.2) is 8.42 Å². The number of hydrogen-bond donors (Lipinski definition) is 2. The molecular weight excluding hydrogens is 384 g/mol. The standard InChI is InChI=1S/C15H15BrN2O4S/c16-11-5-1-4-8-14(11)23(20,21)18-12-6-2-3-7-13(12)22-10-9-15(17)19/h1-8,18H,9-10H2,(H2,17,19). The van der Waals surface area contributed by atoms with E-state index in [0.717, 1.165) is 0 Å². The lowest BCUT2D eigenvalue weighted by atomic mass is 10.3. The molecule has 0 aliphatic rings. The number of carbonyl (C=O) groups excluding carboxylic acids is 1. The van der Waals surface area contributed by atoms with E-state index in [1.807, 2.05) is 0 Å². The number of benzene rings is 2. The molecule has 122 valence electrons. The lowest BCUT2D eigenvalue weighted by Crippen LogP contribution is -2.16. The second kappa shape index (κ2) is 7.47. The minimum atomic E-state index is -3.78. The monoisotopic (exact) mass is 398 g/mol. The van der Waals surface area contributed by atoms with E-state index in [2.05, 4.69) is 20.7 Å². The predicted octanol–water partition coefficient (Wildman–Crippen LogP) is 2.50. The molecule has 0 atom stereocenters. The zero-order valence-corrected chi connectivity index (χ0v) is 14.4. The van der Waals surface area contributed by atoms with Gasteiger partial charge in [0.05, 0.1) is 18.7 Å². The molecule has 0 radical (unpaired) electrons. The first-order valence-corrected chi connectivity index (χ1v) is 8.95. The fourth-order valence-corrected chi connectivity index (χ4v) is 3.88. The summed E-state index contributed by atoms with van der Waals surface area (Å²) in [6, 6.07) is 13.1. The van der Waals surface area contributed by atoms with Crippen molar-refractivity contribution in [3.63, 3.8) is 0 Å². The van der Waals surface area contributed by atoms with Crippen molar-refractivity contribution in [1.82, 2.24) is 0 Å². The summed E-state index contributed by atoms with van der Waals surface area (Å²) in [6.45, 7) is 0.0725. The third kappa shape index (κ3) is 4.70. The average molecular weight is 399 g/mol. The van der Waals surface area contributed by atoms with Gasteiger partial charge in [0.1, 0.15) is 10.6 Å². The average Bonchev–Trinajstić information content (AvgIpc) is 2.48. The van der Waals surface area contributed by atoms with Gasteiger partial charge in [0.15, 0.2) is 0 Å². The third-order valence-corrected chi connectivity index (χ3v) is 5.24. The first-order valence-electron chi connectivity index (χ1n) is 6.67. The number of nitrogens with two attached hydrogens (primary N) is 1. The van der Waals surface area contributed by atoms with Crippen LogP contribution in [0.5, 0.6) is 5.75 Å². The second-order valence-electron chi connectivity index (χ2n) is 4.60. The van der Waals surface area contributed by atoms with Crippen molar-refractivity contribution >= 4 is 37.5 Å². The van der Waals surface area contributed by atoms with E-state index < -0.39 is 15.9 Å². The number of hydrogen-bond acceptors (Lipinski definition) is 4. The van der Waals surface area contributed by atoms with Gasteiger partial charge in [0.25, 0.3) is 10.0 Å². The van der Waals surface area contributed by atoms with Gasteiger partial charge in [-0.3, -0.25) is 9.52 Å². The zero-order chi connectivity index (χ0) is 16.9. The van der Waals surface area contributed by atoms with Crippen LogP contribution >= 0.6 is 15.9 Å². The lowest BCUT2D eigenvalue weighted by Gasteiger charge is -2.14. The summed E-state index contributed by atoms with van der Waals surface area (Å²) in [7, 11) is -3.78. The number of ether oxygens (including phenoxy) is 1. The molecule has 0 fully saturated rings. The molecular formula is C15H15BrN2O4S. The normalized spacial score (nSPS) is 11.0. The van der Waals surface area contributed by atoms with Gasteiger partial charge in [0.2, 0.25) is 5.91 Å². The van der Waals surface area contributed by atoms with Crippen molar-refractivity contribution in [2.75, 3.05) is 11.3 Å². The molecule has 0 aliphatic heterocycles. The first kappa shape index (κ1) is 17.3. The number of anilines is 1. The second-order valence-corrected chi connectivity index (χ2v) is 7.10. The van der Waals surface area contributed by atoms with Gasteiger partial charge in [0, 0.05) is 4.47 Å². The van der Waals surface area contributed by atoms with E-state index in [1.54, 1.807) is 42.5 Å². The largest absolute Gasteiger partial charge is 0.491 e. The molecule has 0 spiro atoms. The SMILES string of the molecule is NC(=O)CCOc1ccccc1NS(=O)(=O)c1ccccc1Br. The number of carbonyl (C=O) groups is 1. The fourth-order valence-electron chi connectivity index (χ4n) is 1.80. The molecule has 0 aliphatic carbocycles. The molecule has 2 rings (SSSR count). The molecule has 1 amide bonds. The highest BCUT2D eigenvalue weighted by Crippen LogP contribution is 2.29. The van der Waals surface area contributed by atoms with E-state index in [4.69, 9.17) is 10.5 Å². The molecule has 0 bridgehead atoms. The fraction of sp³-hybridized carbons (Fsp3) is 0.133. The van der Waals surface area contributed by atoms with Crippen molar-refractivity contribution in [3.05, 3.63) is 53.0 Å². The predicted molar refractivity (Wildman–Crippen MR) is 90.7 cm³/mol. The Labute approximate surface area is 142 Å². The molecule has 2 aromatic rings. The molecule has 0 unspecified atom stereocenters. The van der Waals surface area contributed by atoms with Gasteiger partial charge in [-0.15, -0.1) is 0 Å². The maximum Gasteiger partial charge on any atom is 0.263 e. The summed E-state index contributed by atoms with van der Waals surface area (Å²) in [6.07, 6.45) is 0.0469. The zero-order valence-electron chi connectivity index (χ0n) is 12.0. The Balaban J connectivity index is 2.23. The maximum atomic E-state index is 12.5. The minimum absolute atomic E-state index is 0.0469. The minimum Gasteiger partial charge on any atom is -0.491 e. The van der Waals surface area contributed by atoms with Crippen molar-refractivity contribution in [3.8, 4) is 5.75 Å². The lowest BCUT2D eigenvalue weighted by molar-refractivity contribution is -0.118. The van der Waals surface area contributed by atoms with Crippen LogP contribution in [-0.4, -0.2) is 20.9 Å². The molecule has 0 saturated heterocycles. The van der Waals surface area contributed by atoms with Gasteiger partial charge >= 0.3 is 0 Å². The number of para-hydroxylation sites is 2. The highest BCUT2D eigenvalue weighted by molar-refractivity contribution is 9.10. The van der Waals surface area contributed by atoms with Crippen LogP contribution in [0.3, 0.4) is 0 Å². The van der Waals surface area contributed by atoms with Crippen molar-refractivity contribution in [2.24, 2.45) is 5.73 Å². The van der Waals surface area contributed by atoms with Crippen LogP contribution in [0.4, 0.5) is 5.69 Å². The summed E-state index contributed by atoms with van der Waals surface area (Å²) >= 11 is 3.22. The Bertz CT molecular complexity index is 809. The maximum absolute atomic E-state index is 12.5. The smallest absolute Gasteiger partial charge is 0.263 e. The summed E-state index contributed by atoms with van der Waals surface area (Å²) in [5, 5.41) is 0. The number of amides is 1. The van der Waals surface area contributed by atoms with E-state index in [1.165, 1.54) is 6.07 Å². The van der Waals surface area contributed by atoms with E-state index in [-0.39, 0.29) is 23.6 Å². The van der Waals surface area contributed by atoms with Gasteiger partial charge in [-0.1, -0.05) is 24.3 Å². The molecule has 23 heavy (non-hydrogen) atoms. The number of halogens is 1. The number of primary amides is 1. The first-order chi connectivity index (χ1) is 10.9. The molecule has 3 N–H and O–H groups in total. The number of nitrogens with one attached hydrogen (secondary N) is 1. The number of sulfonamides is 1. The Morgan fingerprint density at radius 3 is 2.48 bits per heavy atom. The van der Waals surface area contributed by atoms with Crippen LogP contribution in [0, 0.1) is 0 Å². The van der Waals surface area contributed by atoms with Crippen LogP contribution in [0.2, 0.25) is 0 Å². The molecule has 0 heterocycles. The van der Waals surface area contributed by atoms with Gasteiger partial charge < -0.3 is 10.5 Å². The van der Waals surface area contributed by atoms with Crippen LogP contribution < -0.4 is 15.2 Å². The van der Waals surface area contributed by atoms with Crippen LogP contribution in [0.15, 0.2) is 57.9 Å². The van der Waals surface area contributed by atoms with E-state index >= 15 is 0 Å². The molecule has 0 saturated carbocycles. The Kier molecular flexibility index (Phi) is 5.62. The molecule has 0 aromatic heterocycles. The molecule has 6 nitrogen and oxygen atoms in total. The summed E-state index contributed by atoms with van der Waals surface area (Å²) in [5.41, 5.74) is 5.34. The van der Waals surface area contributed by atoms with Gasteiger partial charge in [-0.2, -0.15) is 0 Å². The Hall–Kier alpha value is -2.06. The van der Waals surface area contributed by atoms with Crippen LogP contribution in [-0.2, 0) is 14.8 Å². The van der Waals surface area contributed by atoms with E-state index in [9.17, 15) is 13.2 Å². The summed E-state index contributed by atoms with van der Waals surface area (Å²) in [4.78, 5) is 10.9. The molecule has 8 heteroatoms. The highest BCUT2D eigenvalue weighted by Gasteiger charge is 2.19. The Morgan fingerprint density at radius 2 is 1.78 bits per heavy atom. The summed E-state index contributed by atoms with van der Waals surface area (Å²) in [5.74, 6) is -0.166. The summed E-state index contributed by atoms with van der Waals surface area (Å²) < 4.78 is 33.3. The van der Waals surface area contributed by atoms with Crippen LogP contribution in [0.25, 0.3) is 0 Å². The third-order valence-electron chi connectivity index (χ3n) is 2.86. The van der Waals surface area contributed by atoms with Crippen molar-refractivity contribution in [2.45, 2.75) is 11.3 Å². The number of rotatable bonds is 7. The van der Waals surface area contributed by atoms with Crippen LogP contribution in [0.1, 0.15) is 6.42 Å². The van der Waals surface area contributed by atoms with E-state index in [0.29, 0.717) is 10.2 Å². The molecule has 2 aromatic carbocycles. The topological polar surface area (TPSA) is 98.5 Å². The quantitative estimate of drug-likeness (QED) is 0.748. The van der Waals surface area contributed by atoms with Crippen molar-refractivity contribution < 1.29 is 17.9 Å². The van der Waals surface area contributed by atoms with Gasteiger partial charge in [-0.05, 0) is 40.2 Å². The van der Waals surface area contributed by atoms with Crippen molar-refractivity contribution in [1.29, 1.82) is 0 Å². The Morgan fingerprint density at radius 1 is 1.13 bits per heavy atom.